The Morgan fingerprint density at radius 2 is 1.93 bits per heavy atom. The van der Waals surface area contributed by atoms with Crippen LogP contribution in [0.25, 0.3) is 0 Å². The Labute approximate surface area is 84.5 Å². The Bertz CT molecular complexity index is 192. The molecule has 0 aromatic heterocycles. The minimum absolute atomic E-state index is 0.0927. The normalized spacial score (nSPS) is 12.4. The van der Waals surface area contributed by atoms with E-state index in [1.54, 1.807) is 0 Å². The Morgan fingerprint density at radius 1 is 1.29 bits per heavy atom. The number of unbranched alkanes of at least 4 members (excludes halogenated alkanes) is 2. The maximum atomic E-state index is 11.2. The number of carbonyl (C=O) groups excluding carboxylic acids is 1. The van der Waals surface area contributed by atoms with Gasteiger partial charge >= 0.3 is 5.97 Å². The summed E-state index contributed by atoms with van der Waals surface area (Å²) in [6, 6.07) is -0.910. The topological polar surface area (TPSA) is 80.4 Å². The van der Waals surface area contributed by atoms with E-state index in [2.05, 4.69) is 6.92 Å². The van der Waals surface area contributed by atoms with Gasteiger partial charge in [-0.25, -0.2) is 0 Å². The molecule has 4 heteroatoms. The molecule has 0 spiro atoms. The van der Waals surface area contributed by atoms with Gasteiger partial charge in [-0.1, -0.05) is 19.8 Å². The largest absolute Gasteiger partial charge is 0.480 e. The summed E-state index contributed by atoms with van der Waals surface area (Å²) in [6.45, 7) is 3.67. The van der Waals surface area contributed by atoms with Crippen LogP contribution in [0.15, 0.2) is 0 Å². The fraction of sp³-hybridized carbons (Fsp3) is 0.700. The average molecular weight is 200 g/mol. The number of carboxylic acids is 1. The summed E-state index contributed by atoms with van der Waals surface area (Å²) in [7, 11) is 0. The van der Waals surface area contributed by atoms with Crippen LogP contribution in [0.5, 0.6) is 0 Å². The summed E-state index contributed by atoms with van der Waals surface area (Å²) in [4.78, 5) is 21.5. The van der Waals surface area contributed by atoms with E-state index in [1.165, 1.54) is 0 Å². The molecule has 14 heavy (non-hydrogen) atoms. The van der Waals surface area contributed by atoms with Crippen molar-refractivity contribution in [2.24, 2.45) is 5.73 Å². The molecule has 0 saturated heterocycles. The van der Waals surface area contributed by atoms with E-state index in [-0.39, 0.29) is 18.6 Å². The van der Waals surface area contributed by atoms with Crippen molar-refractivity contribution in [1.29, 1.82) is 0 Å². The Kier molecular flexibility index (Phi) is 7.02. The first kappa shape index (κ1) is 13.1. The van der Waals surface area contributed by atoms with Crippen molar-refractivity contribution in [3.8, 4) is 0 Å². The molecule has 0 fully saturated rings. The SMILES string of the molecule is [CH2]CCCCC(=O)CC[C@H](N)C(=O)O. The van der Waals surface area contributed by atoms with Gasteiger partial charge in [-0.15, -0.1) is 0 Å². The molecule has 0 aromatic carbocycles. The second-order valence-corrected chi connectivity index (χ2v) is 3.33. The molecule has 3 N–H and O–H groups in total. The molecule has 1 atom stereocenters. The molecule has 0 aliphatic heterocycles. The zero-order chi connectivity index (χ0) is 11.0. The number of nitrogens with two attached hydrogens (primary N) is 1. The number of Topliss-reactive ketones (excluding diaryl/α,β-unsaturated/α-hetero) is 1. The van der Waals surface area contributed by atoms with Gasteiger partial charge in [-0.05, 0) is 12.8 Å². The number of carbonyl (C=O) groups is 2. The van der Waals surface area contributed by atoms with Crippen LogP contribution in [0, 0.1) is 6.92 Å². The fourth-order valence-electron chi connectivity index (χ4n) is 1.06. The zero-order valence-corrected chi connectivity index (χ0v) is 8.37. The first-order valence-electron chi connectivity index (χ1n) is 4.87. The molecular formula is C10H18NO3. The first-order chi connectivity index (χ1) is 6.57. The monoisotopic (exact) mass is 200 g/mol. The van der Waals surface area contributed by atoms with E-state index in [9.17, 15) is 9.59 Å². The second-order valence-electron chi connectivity index (χ2n) is 3.33. The van der Waals surface area contributed by atoms with Crippen LogP contribution in [0.4, 0.5) is 0 Å². The highest BCUT2D eigenvalue weighted by Gasteiger charge is 2.12. The standard InChI is InChI=1S/C10H18NO3/c1-2-3-4-5-8(12)6-7-9(11)10(13)14/h9H,1-7,11H2,(H,13,14)/t9-/m0/s1. The summed E-state index contributed by atoms with van der Waals surface area (Å²) in [5, 5.41) is 8.46. The van der Waals surface area contributed by atoms with Gasteiger partial charge in [0, 0.05) is 12.8 Å². The van der Waals surface area contributed by atoms with Crippen molar-refractivity contribution in [1.82, 2.24) is 0 Å². The molecule has 1 radical (unpaired) electrons. The van der Waals surface area contributed by atoms with E-state index in [1.807, 2.05) is 0 Å². The van der Waals surface area contributed by atoms with Gasteiger partial charge in [-0.2, -0.15) is 0 Å². The lowest BCUT2D eigenvalue weighted by atomic mass is 10.1. The van der Waals surface area contributed by atoms with Crippen molar-refractivity contribution >= 4 is 11.8 Å². The number of hydrogen-bond donors (Lipinski definition) is 2. The Morgan fingerprint density at radius 3 is 2.43 bits per heavy atom. The summed E-state index contributed by atoms with van der Waals surface area (Å²) < 4.78 is 0. The number of rotatable bonds is 8. The van der Waals surface area contributed by atoms with E-state index in [0.29, 0.717) is 6.42 Å². The quantitative estimate of drug-likeness (QED) is 0.576. The molecule has 0 aliphatic carbocycles. The third-order valence-electron chi connectivity index (χ3n) is 2.01. The predicted molar refractivity (Wildman–Crippen MR) is 53.7 cm³/mol. The van der Waals surface area contributed by atoms with Crippen molar-refractivity contribution < 1.29 is 14.7 Å². The summed E-state index contributed by atoms with van der Waals surface area (Å²) in [6.07, 6.45) is 3.63. The maximum absolute atomic E-state index is 11.2. The average Bonchev–Trinajstić information content (AvgIpc) is 2.14. The van der Waals surface area contributed by atoms with E-state index >= 15 is 0 Å². The lowest BCUT2D eigenvalue weighted by molar-refractivity contribution is -0.138. The van der Waals surface area contributed by atoms with Gasteiger partial charge in [0.15, 0.2) is 0 Å². The van der Waals surface area contributed by atoms with Crippen molar-refractivity contribution in [2.45, 2.75) is 44.6 Å². The predicted octanol–water partition coefficient (Wildman–Crippen LogP) is 1.14. The van der Waals surface area contributed by atoms with Crippen LogP contribution >= 0.6 is 0 Å². The van der Waals surface area contributed by atoms with Gasteiger partial charge in [0.1, 0.15) is 11.8 Å². The summed E-state index contributed by atoms with van der Waals surface area (Å²) in [5.74, 6) is -0.953. The van der Waals surface area contributed by atoms with Gasteiger partial charge < -0.3 is 10.8 Å². The molecule has 0 aromatic rings. The van der Waals surface area contributed by atoms with Crippen LogP contribution in [0.1, 0.15) is 38.5 Å². The lowest BCUT2D eigenvalue weighted by Gasteiger charge is -2.04. The minimum atomic E-state index is -1.05. The van der Waals surface area contributed by atoms with Crippen LogP contribution in [-0.2, 0) is 9.59 Å². The molecule has 4 nitrogen and oxygen atoms in total. The minimum Gasteiger partial charge on any atom is -0.480 e. The molecule has 0 rings (SSSR count). The molecule has 0 amide bonds. The maximum Gasteiger partial charge on any atom is 0.320 e. The lowest BCUT2D eigenvalue weighted by Crippen LogP contribution is -2.30. The molecule has 0 unspecified atom stereocenters. The van der Waals surface area contributed by atoms with Gasteiger partial charge in [-0.3, -0.25) is 9.59 Å². The first-order valence-corrected chi connectivity index (χ1v) is 4.87. The van der Waals surface area contributed by atoms with E-state index in [4.69, 9.17) is 10.8 Å². The molecule has 0 saturated carbocycles. The van der Waals surface area contributed by atoms with Crippen molar-refractivity contribution in [2.75, 3.05) is 0 Å². The van der Waals surface area contributed by atoms with Gasteiger partial charge in [0.2, 0.25) is 0 Å². The van der Waals surface area contributed by atoms with Gasteiger partial charge in [0.25, 0.3) is 0 Å². The molecular weight excluding hydrogens is 182 g/mol. The van der Waals surface area contributed by atoms with E-state index in [0.717, 1.165) is 19.3 Å². The number of ketones is 1. The third kappa shape index (κ3) is 6.60. The van der Waals surface area contributed by atoms with Crippen molar-refractivity contribution in [3.63, 3.8) is 0 Å². The highest BCUT2D eigenvalue weighted by atomic mass is 16.4. The number of hydrogen-bond acceptors (Lipinski definition) is 3. The second kappa shape index (κ2) is 7.50. The Balaban J connectivity index is 3.48. The van der Waals surface area contributed by atoms with Crippen LogP contribution in [0.3, 0.4) is 0 Å². The van der Waals surface area contributed by atoms with E-state index < -0.39 is 12.0 Å². The van der Waals surface area contributed by atoms with Crippen molar-refractivity contribution in [3.05, 3.63) is 6.92 Å². The number of carboxylic acid groups (broad SMARTS) is 1. The smallest absolute Gasteiger partial charge is 0.320 e. The zero-order valence-electron chi connectivity index (χ0n) is 8.37. The fourth-order valence-corrected chi connectivity index (χ4v) is 1.06. The molecule has 81 valence electrons. The van der Waals surface area contributed by atoms with Gasteiger partial charge in [0.05, 0.1) is 0 Å². The Hall–Kier alpha value is -0.900. The summed E-state index contributed by atoms with van der Waals surface area (Å²) >= 11 is 0. The number of aliphatic carboxylic acids is 1. The van der Waals surface area contributed by atoms with Crippen LogP contribution in [-0.4, -0.2) is 22.9 Å². The summed E-state index contributed by atoms with van der Waals surface area (Å²) in [5.41, 5.74) is 5.26. The van der Waals surface area contributed by atoms with Crippen LogP contribution in [0.2, 0.25) is 0 Å². The molecule has 0 bridgehead atoms. The third-order valence-corrected chi connectivity index (χ3v) is 2.01. The molecule has 0 heterocycles. The highest BCUT2D eigenvalue weighted by molar-refractivity contribution is 5.80. The van der Waals surface area contributed by atoms with Crippen LogP contribution < -0.4 is 5.73 Å². The molecule has 0 aliphatic rings. The highest BCUT2D eigenvalue weighted by Crippen LogP contribution is 2.04.